The molecule has 0 fully saturated rings. The van der Waals surface area contributed by atoms with E-state index in [0.717, 1.165) is 0 Å². The molecule has 5 heteroatoms. The van der Waals surface area contributed by atoms with Gasteiger partial charge in [-0.05, 0) is 30.5 Å². The number of carbonyl (C=O) groups excluding carboxylic acids is 2. The van der Waals surface area contributed by atoms with Crippen molar-refractivity contribution in [2.45, 2.75) is 26.3 Å². The highest BCUT2D eigenvalue weighted by molar-refractivity contribution is 5.98. The summed E-state index contributed by atoms with van der Waals surface area (Å²) in [6.45, 7) is 4.03. The summed E-state index contributed by atoms with van der Waals surface area (Å²) in [6, 6.07) is 6.20. The number of hydrogen-bond acceptors (Lipinski definition) is 3. The first-order valence-corrected chi connectivity index (χ1v) is 6.68. The van der Waals surface area contributed by atoms with E-state index in [1.165, 1.54) is 4.90 Å². The van der Waals surface area contributed by atoms with E-state index >= 15 is 0 Å². The van der Waals surface area contributed by atoms with Gasteiger partial charge in [0.15, 0.2) is 0 Å². The lowest BCUT2D eigenvalue weighted by Crippen LogP contribution is -2.46. The molecule has 1 atom stereocenters. The minimum absolute atomic E-state index is 0.101. The summed E-state index contributed by atoms with van der Waals surface area (Å²) in [5.74, 6) is -0.0702. The summed E-state index contributed by atoms with van der Waals surface area (Å²) in [5, 5.41) is 2.79. The third-order valence-electron chi connectivity index (χ3n) is 2.90. The van der Waals surface area contributed by atoms with Crippen LogP contribution in [0.5, 0.6) is 0 Å². The largest absolute Gasteiger partial charge is 0.399 e. The summed E-state index contributed by atoms with van der Waals surface area (Å²) < 4.78 is 0. The number of nitrogens with two attached hydrogens (primary N) is 1. The van der Waals surface area contributed by atoms with Gasteiger partial charge >= 0.3 is 0 Å². The molecule has 0 aliphatic rings. The standard InChI is InChI=1S/C15H23N3O2/c1-10(2)8-13(15(20)18(3)4)17-14(19)11-6-5-7-12(16)9-11/h5-7,9-10,13H,8,16H2,1-4H3,(H,17,19). The van der Waals surface area contributed by atoms with Gasteiger partial charge in [0, 0.05) is 25.3 Å². The Morgan fingerprint density at radius 2 is 1.95 bits per heavy atom. The number of carbonyl (C=O) groups is 2. The maximum Gasteiger partial charge on any atom is 0.252 e. The average molecular weight is 277 g/mol. The Labute approximate surface area is 120 Å². The second-order valence-corrected chi connectivity index (χ2v) is 5.51. The molecule has 0 heterocycles. The van der Waals surface area contributed by atoms with E-state index in [1.807, 2.05) is 13.8 Å². The normalized spacial score (nSPS) is 12.1. The number of hydrogen-bond donors (Lipinski definition) is 2. The number of amides is 2. The molecule has 0 aliphatic carbocycles. The fraction of sp³-hybridized carbons (Fsp3) is 0.467. The van der Waals surface area contributed by atoms with Crippen molar-refractivity contribution >= 4 is 17.5 Å². The Bertz CT molecular complexity index is 484. The number of likely N-dealkylation sites (N-methyl/N-ethyl adjacent to an activating group) is 1. The Hall–Kier alpha value is -2.04. The zero-order valence-corrected chi connectivity index (χ0v) is 12.5. The molecule has 1 aromatic carbocycles. The van der Waals surface area contributed by atoms with Crippen molar-refractivity contribution in [2.24, 2.45) is 5.92 Å². The van der Waals surface area contributed by atoms with E-state index in [0.29, 0.717) is 23.6 Å². The molecular weight excluding hydrogens is 254 g/mol. The summed E-state index contributed by atoms with van der Waals surface area (Å²) in [6.07, 6.45) is 0.602. The summed E-state index contributed by atoms with van der Waals surface area (Å²) >= 11 is 0. The second-order valence-electron chi connectivity index (χ2n) is 5.51. The fourth-order valence-corrected chi connectivity index (χ4v) is 1.93. The molecular formula is C15H23N3O2. The van der Waals surface area contributed by atoms with Gasteiger partial charge in [0.05, 0.1) is 0 Å². The van der Waals surface area contributed by atoms with Crippen molar-refractivity contribution in [1.82, 2.24) is 10.2 Å². The quantitative estimate of drug-likeness (QED) is 0.801. The molecule has 0 bridgehead atoms. The van der Waals surface area contributed by atoms with E-state index < -0.39 is 6.04 Å². The molecule has 3 N–H and O–H groups in total. The van der Waals surface area contributed by atoms with Crippen molar-refractivity contribution < 1.29 is 9.59 Å². The van der Waals surface area contributed by atoms with Gasteiger partial charge in [0.25, 0.3) is 5.91 Å². The molecule has 0 saturated heterocycles. The van der Waals surface area contributed by atoms with Crippen LogP contribution >= 0.6 is 0 Å². The lowest BCUT2D eigenvalue weighted by Gasteiger charge is -2.23. The van der Waals surface area contributed by atoms with Gasteiger partial charge < -0.3 is 16.0 Å². The van der Waals surface area contributed by atoms with Crippen LogP contribution in [0.3, 0.4) is 0 Å². The molecule has 5 nitrogen and oxygen atoms in total. The van der Waals surface area contributed by atoms with Crippen LogP contribution in [0.2, 0.25) is 0 Å². The van der Waals surface area contributed by atoms with Crippen LogP contribution in [0.15, 0.2) is 24.3 Å². The van der Waals surface area contributed by atoms with Crippen molar-refractivity contribution in [2.75, 3.05) is 19.8 Å². The highest BCUT2D eigenvalue weighted by Gasteiger charge is 2.23. The molecule has 0 radical (unpaired) electrons. The smallest absolute Gasteiger partial charge is 0.252 e. The third kappa shape index (κ3) is 4.57. The molecule has 1 unspecified atom stereocenters. The first-order valence-electron chi connectivity index (χ1n) is 6.68. The predicted molar refractivity (Wildman–Crippen MR) is 80.3 cm³/mol. The van der Waals surface area contributed by atoms with Gasteiger partial charge in [-0.2, -0.15) is 0 Å². The number of anilines is 1. The molecule has 0 aromatic heterocycles. The van der Waals surface area contributed by atoms with E-state index in [1.54, 1.807) is 38.4 Å². The second kappa shape index (κ2) is 6.93. The summed E-state index contributed by atoms with van der Waals surface area (Å²) in [5.41, 5.74) is 6.65. The van der Waals surface area contributed by atoms with Gasteiger partial charge in [-0.25, -0.2) is 0 Å². The molecule has 1 aromatic rings. The lowest BCUT2D eigenvalue weighted by atomic mass is 10.0. The zero-order valence-electron chi connectivity index (χ0n) is 12.5. The van der Waals surface area contributed by atoms with E-state index in [-0.39, 0.29) is 11.8 Å². The SMILES string of the molecule is CC(C)CC(NC(=O)c1cccc(N)c1)C(=O)N(C)C. The van der Waals surface area contributed by atoms with Crippen LogP contribution < -0.4 is 11.1 Å². The van der Waals surface area contributed by atoms with Crippen LogP contribution in [0.4, 0.5) is 5.69 Å². The molecule has 2 amide bonds. The van der Waals surface area contributed by atoms with Crippen LogP contribution in [0.1, 0.15) is 30.6 Å². The molecule has 0 saturated carbocycles. The van der Waals surface area contributed by atoms with Gasteiger partial charge in [0.1, 0.15) is 6.04 Å². The lowest BCUT2D eigenvalue weighted by molar-refractivity contribution is -0.131. The van der Waals surface area contributed by atoms with Gasteiger partial charge in [-0.15, -0.1) is 0 Å². The van der Waals surface area contributed by atoms with Gasteiger partial charge in [0.2, 0.25) is 5.91 Å². The molecule has 1 rings (SSSR count). The first kappa shape index (κ1) is 16.0. The average Bonchev–Trinajstić information content (AvgIpc) is 2.36. The maximum absolute atomic E-state index is 12.2. The summed E-state index contributed by atoms with van der Waals surface area (Å²) in [4.78, 5) is 25.8. The molecule has 0 spiro atoms. The van der Waals surface area contributed by atoms with Gasteiger partial charge in [-0.1, -0.05) is 19.9 Å². The molecule has 20 heavy (non-hydrogen) atoms. The third-order valence-corrected chi connectivity index (χ3v) is 2.90. The van der Waals surface area contributed by atoms with Gasteiger partial charge in [-0.3, -0.25) is 9.59 Å². The Morgan fingerprint density at radius 3 is 2.45 bits per heavy atom. The number of nitrogens with zero attached hydrogens (tertiary/aromatic N) is 1. The van der Waals surface area contributed by atoms with Crippen molar-refractivity contribution in [1.29, 1.82) is 0 Å². The topological polar surface area (TPSA) is 75.4 Å². The van der Waals surface area contributed by atoms with Crippen molar-refractivity contribution in [3.8, 4) is 0 Å². The van der Waals surface area contributed by atoms with Crippen LogP contribution in [-0.4, -0.2) is 36.9 Å². The number of rotatable bonds is 5. The minimum Gasteiger partial charge on any atom is -0.399 e. The number of benzene rings is 1. The van der Waals surface area contributed by atoms with Crippen molar-refractivity contribution in [3.63, 3.8) is 0 Å². The Kier molecular flexibility index (Phi) is 5.55. The van der Waals surface area contributed by atoms with E-state index in [9.17, 15) is 9.59 Å². The highest BCUT2D eigenvalue weighted by Crippen LogP contribution is 2.10. The zero-order chi connectivity index (χ0) is 15.3. The van der Waals surface area contributed by atoms with Crippen LogP contribution in [0, 0.1) is 5.92 Å². The Balaban J connectivity index is 2.84. The molecule has 110 valence electrons. The van der Waals surface area contributed by atoms with Crippen molar-refractivity contribution in [3.05, 3.63) is 29.8 Å². The number of nitrogen functional groups attached to an aromatic ring is 1. The van der Waals surface area contributed by atoms with E-state index in [4.69, 9.17) is 5.73 Å². The number of nitrogens with one attached hydrogen (secondary N) is 1. The van der Waals surface area contributed by atoms with E-state index in [2.05, 4.69) is 5.32 Å². The Morgan fingerprint density at radius 1 is 1.30 bits per heavy atom. The maximum atomic E-state index is 12.2. The van der Waals surface area contributed by atoms with Crippen LogP contribution in [-0.2, 0) is 4.79 Å². The van der Waals surface area contributed by atoms with Crippen LogP contribution in [0.25, 0.3) is 0 Å². The highest BCUT2D eigenvalue weighted by atomic mass is 16.2. The fourth-order valence-electron chi connectivity index (χ4n) is 1.93. The summed E-state index contributed by atoms with van der Waals surface area (Å²) in [7, 11) is 3.37. The monoisotopic (exact) mass is 277 g/mol. The predicted octanol–water partition coefficient (Wildman–Crippen LogP) is 1.50. The minimum atomic E-state index is -0.515. The first-order chi connectivity index (χ1) is 9.31. The molecule has 0 aliphatic heterocycles.